The average molecular weight is 531 g/mol. The highest BCUT2D eigenvalue weighted by molar-refractivity contribution is 5.85. The molecule has 4 saturated carbocycles. The maximum absolute atomic E-state index is 12.4. The molecule has 0 bridgehead atoms. The second kappa shape index (κ2) is 10.7. The molecule has 0 aromatic carbocycles. The summed E-state index contributed by atoms with van der Waals surface area (Å²) in [5.74, 6) is 3.38. The average Bonchev–Trinajstić information content (AvgIpc) is 3.50. The van der Waals surface area contributed by atoms with E-state index in [-0.39, 0.29) is 29.5 Å². The molecule has 1 saturated heterocycles. The quantitative estimate of drug-likeness (QED) is 0.279. The third-order valence-corrected chi connectivity index (χ3v) is 11.9. The highest BCUT2D eigenvalue weighted by atomic mass is 16.7. The van der Waals surface area contributed by atoms with Crippen molar-refractivity contribution in [2.45, 2.75) is 110 Å². The molecule has 214 valence electrons. The minimum atomic E-state index is -0.525. The number of aliphatic hydroxyl groups is 1. The number of hydrogen-bond donors (Lipinski definition) is 3. The van der Waals surface area contributed by atoms with E-state index >= 15 is 0 Å². The number of nitrogens with zero attached hydrogens (tertiary/aromatic N) is 2. The van der Waals surface area contributed by atoms with Gasteiger partial charge in [-0.05, 0) is 112 Å². The van der Waals surface area contributed by atoms with Crippen LogP contribution in [-0.4, -0.2) is 66.5 Å². The number of likely N-dealkylation sites (N-methyl/N-ethyl adjacent to an activating group) is 1. The molecule has 4 aliphatic carbocycles. The van der Waals surface area contributed by atoms with Gasteiger partial charge in [-0.3, -0.25) is 9.63 Å². The van der Waals surface area contributed by atoms with E-state index in [9.17, 15) is 14.7 Å². The van der Waals surface area contributed by atoms with E-state index in [2.05, 4.69) is 29.6 Å². The van der Waals surface area contributed by atoms with Crippen molar-refractivity contribution in [2.24, 2.45) is 45.6 Å². The summed E-state index contributed by atoms with van der Waals surface area (Å²) in [6.07, 6.45) is 11.6. The Morgan fingerprint density at radius 3 is 2.50 bits per heavy atom. The molecule has 2 amide bonds. The van der Waals surface area contributed by atoms with Gasteiger partial charge in [-0.1, -0.05) is 19.0 Å². The molecular weight excluding hydrogens is 480 g/mol. The molecule has 0 aromatic rings. The molecule has 3 N–H and O–H groups in total. The second-order valence-electron chi connectivity index (χ2n) is 14.0. The zero-order valence-electron chi connectivity index (χ0n) is 24.2. The number of aliphatic hydroxyl groups excluding tert-OH is 1. The molecule has 10 atom stereocenters. The fourth-order valence-corrected chi connectivity index (χ4v) is 9.82. The van der Waals surface area contributed by atoms with Gasteiger partial charge in [-0.15, -0.1) is 0 Å². The fraction of sp³-hybridized carbons (Fsp3) is 0.900. The van der Waals surface area contributed by atoms with Crippen LogP contribution in [0.2, 0.25) is 0 Å². The molecule has 1 heterocycles. The molecule has 0 aromatic heterocycles. The van der Waals surface area contributed by atoms with Gasteiger partial charge in [0.2, 0.25) is 5.91 Å². The molecule has 5 rings (SSSR count). The van der Waals surface area contributed by atoms with Gasteiger partial charge in [0.15, 0.2) is 0 Å². The van der Waals surface area contributed by atoms with E-state index in [1.807, 2.05) is 6.92 Å². The van der Waals surface area contributed by atoms with Crippen LogP contribution in [0.15, 0.2) is 5.16 Å². The second-order valence-corrected chi connectivity index (χ2v) is 14.0. The third kappa shape index (κ3) is 5.00. The monoisotopic (exact) mass is 530 g/mol. The number of carbonyl (C=O) groups excluding carboxylic acids is 2. The van der Waals surface area contributed by atoms with Crippen LogP contribution in [0, 0.1) is 40.4 Å². The van der Waals surface area contributed by atoms with Crippen LogP contribution in [-0.2, 0) is 9.63 Å². The van der Waals surface area contributed by atoms with E-state index in [1.165, 1.54) is 38.5 Å². The summed E-state index contributed by atoms with van der Waals surface area (Å²) in [6, 6.07) is -0.114. The first-order chi connectivity index (χ1) is 18.0. The summed E-state index contributed by atoms with van der Waals surface area (Å²) in [7, 11) is 3.53. The van der Waals surface area contributed by atoms with Crippen LogP contribution in [0.4, 0.5) is 4.79 Å². The molecule has 0 spiro atoms. The van der Waals surface area contributed by atoms with Crippen LogP contribution in [0.5, 0.6) is 0 Å². The largest absolute Gasteiger partial charge is 0.433 e. The lowest BCUT2D eigenvalue weighted by Gasteiger charge is -2.61. The van der Waals surface area contributed by atoms with Crippen molar-refractivity contribution in [3.8, 4) is 0 Å². The predicted octanol–water partition coefficient (Wildman–Crippen LogP) is 4.32. The SMILES string of the molecule is C/C(=N\OC(=O)NCC1CCC(C(=O)N(C)C)N1)[C@H]1CC[C@H]2[C@@H]3CC[C@@H]4C[C@@H](O)CC[C@]4(C)[C@H]3CC[C@]12C. The summed E-state index contributed by atoms with van der Waals surface area (Å²) < 4.78 is 0. The van der Waals surface area contributed by atoms with Gasteiger partial charge in [0.25, 0.3) is 0 Å². The minimum Gasteiger partial charge on any atom is -0.393 e. The van der Waals surface area contributed by atoms with Crippen LogP contribution in [0.1, 0.15) is 91.4 Å². The highest BCUT2D eigenvalue weighted by Gasteiger charge is 2.60. The molecule has 0 radical (unpaired) electrons. The lowest BCUT2D eigenvalue weighted by Crippen LogP contribution is -2.54. The fourth-order valence-electron chi connectivity index (χ4n) is 9.82. The Hall–Kier alpha value is -1.67. The molecule has 8 heteroatoms. The molecule has 1 aliphatic heterocycles. The first-order valence-electron chi connectivity index (χ1n) is 15.2. The first kappa shape index (κ1) is 27.9. The minimum absolute atomic E-state index is 0.0654. The van der Waals surface area contributed by atoms with Crippen molar-refractivity contribution in [3.63, 3.8) is 0 Å². The van der Waals surface area contributed by atoms with E-state index < -0.39 is 6.09 Å². The van der Waals surface area contributed by atoms with Crippen molar-refractivity contribution in [2.75, 3.05) is 20.6 Å². The number of rotatable bonds is 5. The predicted molar refractivity (Wildman–Crippen MR) is 147 cm³/mol. The van der Waals surface area contributed by atoms with E-state index in [1.54, 1.807) is 19.0 Å². The Bertz CT molecular complexity index is 939. The Morgan fingerprint density at radius 2 is 1.74 bits per heavy atom. The van der Waals surface area contributed by atoms with Gasteiger partial charge in [0, 0.05) is 32.6 Å². The normalized spacial score (nSPS) is 44.5. The summed E-state index contributed by atoms with van der Waals surface area (Å²) >= 11 is 0. The number of hydrogen-bond acceptors (Lipinski definition) is 6. The van der Waals surface area contributed by atoms with Crippen LogP contribution >= 0.6 is 0 Å². The molecule has 5 aliphatic rings. The summed E-state index contributed by atoms with van der Waals surface area (Å²) in [4.78, 5) is 31.5. The number of fused-ring (bicyclic) bond motifs is 5. The van der Waals surface area contributed by atoms with Crippen molar-refractivity contribution < 1.29 is 19.5 Å². The number of amides is 2. The van der Waals surface area contributed by atoms with E-state index in [4.69, 9.17) is 4.84 Å². The maximum Gasteiger partial charge on any atom is 0.433 e. The third-order valence-electron chi connectivity index (χ3n) is 11.9. The van der Waals surface area contributed by atoms with Crippen molar-refractivity contribution in [1.82, 2.24) is 15.5 Å². The molecular formula is C30H50N4O4. The van der Waals surface area contributed by atoms with Crippen LogP contribution < -0.4 is 10.6 Å². The zero-order chi connectivity index (χ0) is 27.2. The first-order valence-corrected chi connectivity index (χ1v) is 15.2. The Kier molecular flexibility index (Phi) is 7.86. The van der Waals surface area contributed by atoms with Crippen molar-refractivity contribution >= 4 is 17.7 Å². The van der Waals surface area contributed by atoms with Crippen molar-refractivity contribution in [3.05, 3.63) is 0 Å². The standard InChI is InChI=1S/C30H50N4O4/c1-18(33-38-28(37)31-17-20-7-11-26(32-20)27(36)34(4)5)23-9-10-24-22-8-6-19-16-21(35)12-14-29(19,2)25(22)13-15-30(23,24)3/h19-26,32,35H,6-17H2,1-5H3,(H,31,37)/b33-18+/t19-,20?,21+,22+,23-,24+,25+,26?,29+,30-/m1/s1. The highest BCUT2D eigenvalue weighted by Crippen LogP contribution is 2.67. The Balaban J connectivity index is 1.15. The number of nitrogens with one attached hydrogen (secondary N) is 2. The number of oxime groups is 1. The summed E-state index contributed by atoms with van der Waals surface area (Å²) in [5, 5.41) is 20.8. The van der Waals surface area contributed by atoms with E-state index in [0.29, 0.717) is 29.7 Å². The van der Waals surface area contributed by atoms with Crippen molar-refractivity contribution in [1.29, 1.82) is 0 Å². The zero-order valence-corrected chi connectivity index (χ0v) is 24.2. The smallest absolute Gasteiger partial charge is 0.393 e. The van der Waals surface area contributed by atoms with Crippen LogP contribution in [0.3, 0.4) is 0 Å². The lowest BCUT2D eigenvalue weighted by molar-refractivity contribution is -0.130. The van der Waals surface area contributed by atoms with Gasteiger partial charge in [-0.25, -0.2) is 4.79 Å². The van der Waals surface area contributed by atoms with Gasteiger partial charge in [0.05, 0.1) is 17.9 Å². The number of carbonyl (C=O) groups is 2. The lowest BCUT2D eigenvalue weighted by atomic mass is 9.44. The maximum atomic E-state index is 12.4. The summed E-state index contributed by atoms with van der Waals surface area (Å²) in [5.41, 5.74) is 1.55. The Morgan fingerprint density at radius 1 is 1.00 bits per heavy atom. The Labute approximate surface area is 228 Å². The topological polar surface area (TPSA) is 103 Å². The van der Waals surface area contributed by atoms with Crippen LogP contribution in [0.25, 0.3) is 0 Å². The molecule has 2 unspecified atom stereocenters. The van der Waals surface area contributed by atoms with E-state index in [0.717, 1.165) is 49.7 Å². The summed E-state index contributed by atoms with van der Waals surface area (Å²) in [6.45, 7) is 7.47. The van der Waals surface area contributed by atoms with Gasteiger partial charge in [-0.2, -0.15) is 0 Å². The molecule has 38 heavy (non-hydrogen) atoms. The van der Waals surface area contributed by atoms with Gasteiger partial charge < -0.3 is 20.6 Å². The molecule has 8 nitrogen and oxygen atoms in total. The van der Waals surface area contributed by atoms with Gasteiger partial charge in [0.1, 0.15) is 0 Å². The molecule has 5 fully saturated rings. The van der Waals surface area contributed by atoms with Gasteiger partial charge >= 0.3 is 6.09 Å².